The molecule has 0 bridgehead atoms. The predicted molar refractivity (Wildman–Crippen MR) is 281 cm³/mol. The summed E-state index contributed by atoms with van der Waals surface area (Å²) in [7, 11) is 6.73. The Hall–Kier alpha value is -3.63. The fourth-order valence-corrected chi connectivity index (χ4v) is 13.2. The maximum absolute atomic E-state index is 15.2. The van der Waals surface area contributed by atoms with Crippen molar-refractivity contribution in [3.05, 3.63) is 51.8 Å². The van der Waals surface area contributed by atoms with E-state index < -0.39 is 94.7 Å². The van der Waals surface area contributed by atoms with E-state index in [1.807, 2.05) is 37.7 Å². The number of nitrogens with zero attached hydrogens (tertiary/aromatic N) is 3. The van der Waals surface area contributed by atoms with Gasteiger partial charge in [-0.3, -0.25) is 33.9 Å². The number of hydrogen-bond donors (Lipinski definition) is 1. The Bertz CT molecular complexity index is 2310. The van der Waals surface area contributed by atoms with E-state index in [1.54, 1.807) is 59.7 Å². The molecule has 0 radical (unpaired) electrons. The van der Waals surface area contributed by atoms with Gasteiger partial charge in [-0.25, -0.2) is 0 Å². The third-order valence-corrected chi connectivity index (χ3v) is 17.5. The number of likely N-dealkylation sites (N-methyl/N-ethyl adjacent to an activating group) is 1. The number of esters is 3. The van der Waals surface area contributed by atoms with Crippen LogP contribution in [0, 0.1) is 29.6 Å². The number of morpholine rings is 1. The van der Waals surface area contributed by atoms with Crippen molar-refractivity contribution in [2.45, 2.75) is 140 Å². The molecule has 0 unspecified atom stereocenters. The molecule has 4 aliphatic heterocycles. The minimum Gasteiger partial charge on any atom is -0.493 e. The Morgan fingerprint density at radius 2 is 1.65 bits per heavy atom. The number of fused-ring (bicyclic) bond motifs is 1. The van der Waals surface area contributed by atoms with Gasteiger partial charge in [0.05, 0.1) is 67.2 Å². The van der Waals surface area contributed by atoms with Gasteiger partial charge in [-0.15, -0.1) is 11.8 Å². The Morgan fingerprint density at radius 1 is 0.973 bits per heavy atom. The molecule has 15 atom stereocenters. The fraction of sp³-hybridized carbons (Fsp3) is 0.704. The van der Waals surface area contributed by atoms with E-state index in [2.05, 4.69) is 4.98 Å². The van der Waals surface area contributed by atoms with Gasteiger partial charge in [0.25, 0.3) is 0 Å². The lowest BCUT2D eigenvalue weighted by Crippen LogP contribution is -2.60. The van der Waals surface area contributed by atoms with Gasteiger partial charge in [0.2, 0.25) is 0 Å². The van der Waals surface area contributed by atoms with Gasteiger partial charge in [-0.05, 0) is 79.3 Å². The first kappa shape index (κ1) is 60.6. The zero-order valence-corrected chi connectivity index (χ0v) is 47.7. The topological polar surface area (TPSA) is 208 Å². The van der Waals surface area contributed by atoms with Crippen LogP contribution in [0.15, 0.2) is 30.6 Å². The standard InChI is InChI=1S/C54H77Cl2N3O15S/c1-13-42-54(8)44(48(51(65)74-54)75-21-20-69-41-23-34(14-15-40(41)66-11)39(60)24-35-36(55)26-57-27-37(35)56)31(4)45(62)29(2)25-53(7,67-12)49(73-52-46(63)38(58(9)10)22-30(3)70-52)32(5)47(33(6)50(64)71-42)72-43(61)28-59-16-18-68-19-17-59/h14-15,23,26-27,29-33,38,42,44,46-49,52,63H,13,16-22,24-25,28H2,1-12H3/t29-,30-,31-,32+,33-,38+,42-,44+,46-,47+,48+,49-,52+,53-,54-/m1/s1. The molecule has 418 valence electrons. The lowest BCUT2D eigenvalue weighted by molar-refractivity contribution is -0.301. The van der Waals surface area contributed by atoms with Crippen molar-refractivity contribution in [3.63, 3.8) is 0 Å². The van der Waals surface area contributed by atoms with Crippen molar-refractivity contribution in [1.82, 2.24) is 14.8 Å². The summed E-state index contributed by atoms with van der Waals surface area (Å²) < 4.78 is 56.1. The van der Waals surface area contributed by atoms with Gasteiger partial charge in [-0.1, -0.05) is 50.9 Å². The number of thioether (sulfide) groups is 1. The van der Waals surface area contributed by atoms with Crippen LogP contribution in [0.1, 0.15) is 90.6 Å². The highest BCUT2D eigenvalue weighted by Gasteiger charge is 2.62. The van der Waals surface area contributed by atoms with Gasteiger partial charge >= 0.3 is 17.9 Å². The van der Waals surface area contributed by atoms with Crippen molar-refractivity contribution in [2.24, 2.45) is 29.6 Å². The van der Waals surface area contributed by atoms with Crippen molar-refractivity contribution in [1.29, 1.82) is 0 Å². The lowest BCUT2D eigenvalue weighted by Gasteiger charge is -2.48. The number of cyclic esters (lactones) is 1. The number of methoxy groups -OCH3 is 2. The van der Waals surface area contributed by atoms with Crippen LogP contribution in [0.3, 0.4) is 0 Å². The van der Waals surface area contributed by atoms with E-state index in [-0.39, 0.29) is 77.7 Å². The number of aliphatic hydroxyl groups is 1. The van der Waals surface area contributed by atoms with Crippen LogP contribution in [0.4, 0.5) is 0 Å². The normalized spacial score (nSPS) is 34.2. The van der Waals surface area contributed by atoms with Crippen LogP contribution < -0.4 is 9.47 Å². The molecule has 0 saturated carbocycles. The number of Topliss-reactive ketones (excluding diaryl/α,β-unsaturated/α-hetero) is 2. The summed E-state index contributed by atoms with van der Waals surface area (Å²) in [5, 5.41) is 11.4. The fourth-order valence-electron chi connectivity index (χ4n) is 11.4. The van der Waals surface area contributed by atoms with E-state index >= 15 is 4.79 Å². The number of ether oxygens (including phenoxy) is 9. The van der Waals surface area contributed by atoms with Crippen LogP contribution in [0.25, 0.3) is 0 Å². The highest BCUT2D eigenvalue weighted by Crippen LogP contribution is 2.49. The number of ketones is 2. The van der Waals surface area contributed by atoms with E-state index in [0.717, 1.165) is 0 Å². The van der Waals surface area contributed by atoms with Crippen molar-refractivity contribution in [3.8, 4) is 11.5 Å². The van der Waals surface area contributed by atoms with Gasteiger partial charge in [0, 0.05) is 85.6 Å². The third kappa shape index (κ3) is 14.0. The third-order valence-electron chi connectivity index (χ3n) is 15.6. The number of hydrogen-bond acceptors (Lipinski definition) is 19. The van der Waals surface area contributed by atoms with E-state index in [1.165, 1.54) is 38.4 Å². The number of rotatable bonds is 17. The molecule has 75 heavy (non-hydrogen) atoms. The molecule has 5 heterocycles. The summed E-state index contributed by atoms with van der Waals surface area (Å²) in [5.74, 6) is -5.77. The highest BCUT2D eigenvalue weighted by molar-refractivity contribution is 8.00. The van der Waals surface area contributed by atoms with Gasteiger partial charge in [0.1, 0.15) is 29.3 Å². The maximum atomic E-state index is 15.2. The van der Waals surface area contributed by atoms with Crippen molar-refractivity contribution < 1.29 is 71.7 Å². The molecular weight excluding hydrogens is 1030 g/mol. The zero-order chi connectivity index (χ0) is 55.1. The molecule has 6 rings (SSSR count). The maximum Gasteiger partial charge on any atom is 0.320 e. The molecule has 2 aromatic rings. The number of benzene rings is 1. The molecule has 1 aromatic carbocycles. The van der Waals surface area contributed by atoms with Gasteiger partial charge in [0.15, 0.2) is 29.2 Å². The Morgan fingerprint density at radius 3 is 2.28 bits per heavy atom. The molecule has 1 N–H and O–H groups in total. The molecule has 21 heteroatoms. The van der Waals surface area contributed by atoms with Crippen LogP contribution in [-0.4, -0.2) is 182 Å². The average Bonchev–Trinajstić information content (AvgIpc) is 3.64. The van der Waals surface area contributed by atoms with Crippen LogP contribution >= 0.6 is 35.0 Å². The average molecular weight is 1110 g/mol. The minimum atomic E-state index is -1.49. The van der Waals surface area contributed by atoms with Crippen LogP contribution in [-0.2, 0) is 58.8 Å². The molecular formula is C54H77Cl2N3O15S. The second kappa shape index (κ2) is 26.3. The van der Waals surface area contributed by atoms with E-state index in [9.17, 15) is 24.3 Å². The molecule has 4 aliphatic rings. The number of aromatic nitrogens is 1. The first-order chi connectivity index (χ1) is 35.5. The molecule has 1 aromatic heterocycles. The SMILES string of the molecule is CC[C@H]1OC(=O)[C@H](C)[C@@H](OC(=O)CN2CCOCC2)[C@H](C)[C@@H](O[C@@H]2O[C@H](C)C[C@H](N(C)C)[C@H]2O)[C@](C)(OC)C[C@@H](C)C(=O)[C@H](C)[C@H]2[C@H](SCCOc3cc(C(=O)Cc4c(Cl)cncc4Cl)ccc3OC)C(=O)O[C@@]21C. The van der Waals surface area contributed by atoms with E-state index in [4.69, 9.17) is 65.8 Å². The van der Waals surface area contributed by atoms with E-state index in [0.29, 0.717) is 49.6 Å². The number of aliphatic hydroxyl groups excluding tert-OH is 1. The first-order valence-corrected chi connectivity index (χ1v) is 27.7. The molecule has 18 nitrogen and oxygen atoms in total. The van der Waals surface area contributed by atoms with Crippen LogP contribution in [0.5, 0.6) is 11.5 Å². The predicted octanol–water partition coefficient (Wildman–Crippen LogP) is 6.53. The summed E-state index contributed by atoms with van der Waals surface area (Å²) in [4.78, 5) is 79.6. The second-order valence-corrected chi connectivity index (χ2v) is 23.1. The number of carbonyl (C=O) groups is 5. The summed E-state index contributed by atoms with van der Waals surface area (Å²) in [6.07, 6.45) is -2.28. The summed E-state index contributed by atoms with van der Waals surface area (Å²) >= 11 is 13.9. The Labute approximate surface area is 455 Å². The van der Waals surface area contributed by atoms with Crippen LogP contribution in [0.2, 0.25) is 10.0 Å². The van der Waals surface area contributed by atoms with Crippen molar-refractivity contribution >= 4 is 64.4 Å². The molecule has 0 spiro atoms. The zero-order valence-electron chi connectivity index (χ0n) is 45.3. The Kier molecular flexibility index (Phi) is 21.3. The van der Waals surface area contributed by atoms with Gasteiger partial charge < -0.3 is 52.6 Å². The highest BCUT2D eigenvalue weighted by atomic mass is 35.5. The lowest BCUT2D eigenvalue weighted by atomic mass is 9.70. The van der Waals surface area contributed by atoms with Crippen molar-refractivity contribution in [2.75, 3.05) is 73.5 Å². The number of halogens is 2. The first-order valence-electron chi connectivity index (χ1n) is 25.9. The molecule has 4 saturated heterocycles. The summed E-state index contributed by atoms with van der Waals surface area (Å²) in [5.41, 5.74) is -2.05. The Balaban J connectivity index is 1.32. The number of pyridine rings is 1. The summed E-state index contributed by atoms with van der Waals surface area (Å²) in [6.45, 7) is 16.2. The quantitative estimate of drug-likeness (QED) is 0.0773. The molecule has 4 fully saturated rings. The monoisotopic (exact) mass is 1110 g/mol. The second-order valence-electron chi connectivity index (χ2n) is 21.1. The molecule has 0 aliphatic carbocycles. The minimum absolute atomic E-state index is 0.0568. The largest absolute Gasteiger partial charge is 0.493 e. The van der Waals surface area contributed by atoms with Gasteiger partial charge in [-0.2, -0.15) is 0 Å². The number of carbonyl (C=O) groups excluding carboxylic acids is 5. The molecule has 0 amide bonds. The summed E-state index contributed by atoms with van der Waals surface area (Å²) in [6, 6.07) is 4.48. The smallest absolute Gasteiger partial charge is 0.320 e.